The molecule has 5 nitrogen and oxygen atoms in total. The van der Waals surface area contributed by atoms with Crippen LogP contribution in [0.15, 0.2) is 24.3 Å². The lowest BCUT2D eigenvalue weighted by atomic mass is 10.2. The molecule has 0 unspecified atom stereocenters. The summed E-state index contributed by atoms with van der Waals surface area (Å²) in [4.78, 5) is 20.0. The zero-order valence-corrected chi connectivity index (χ0v) is 8.43. The van der Waals surface area contributed by atoms with Gasteiger partial charge in [0.05, 0.1) is 18.9 Å². The van der Waals surface area contributed by atoms with Gasteiger partial charge in [-0.1, -0.05) is 0 Å². The summed E-state index contributed by atoms with van der Waals surface area (Å²) in [6.07, 6.45) is 4.68. The molecule has 0 radical (unpaired) electrons. The number of rotatable bonds is 2. The molecule has 16 heavy (non-hydrogen) atoms. The van der Waals surface area contributed by atoms with Crippen LogP contribution in [0.1, 0.15) is 16.9 Å². The van der Waals surface area contributed by atoms with Crippen molar-refractivity contribution in [2.75, 3.05) is 18.0 Å². The first kappa shape index (κ1) is 10.5. The second-order valence-corrected chi connectivity index (χ2v) is 3.43. The van der Waals surface area contributed by atoms with Gasteiger partial charge in [-0.15, -0.1) is 0 Å². The molecule has 0 spiro atoms. The number of carbonyl (C=O) groups is 1. The highest BCUT2D eigenvalue weighted by molar-refractivity contribution is 5.84. The molecular formula is C10H10FN3O2. The van der Waals surface area contributed by atoms with Crippen LogP contribution in [0.5, 0.6) is 0 Å². The van der Waals surface area contributed by atoms with Crippen molar-refractivity contribution in [1.82, 2.24) is 9.97 Å². The first-order valence-corrected chi connectivity index (χ1v) is 4.81. The summed E-state index contributed by atoms with van der Waals surface area (Å²) in [5.41, 5.74) is -0.114. The quantitative estimate of drug-likeness (QED) is 0.817. The highest BCUT2D eigenvalue weighted by Crippen LogP contribution is 2.17. The zero-order chi connectivity index (χ0) is 11.5. The monoisotopic (exact) mass is 223 g/mol. The van der Waals surface area contributed by atoms with Gasteiger partial charge in [0.25, 0.3) is 0 Å². The van der Waals surface area contributed by atoms with E-state index in [1.54, 1.807) is 4.90 Å². The third-order valence-corrected chi connectivity index (χ3v) is 2.29. The van der Waals surface area contributed by atoms with E-state index in [9.17, 15) is 9.18 Å². The van der Waals surface area contributed by atoms with Crippen LogP contribution in [-0.4, -0.2) is 34.1 Å². The Morgan fingerprint density at radius 3 is 2.81 bits per heavy atom. The highest BCUT2D eigenvalue weighted by Gasteiger charge is 2.15. The molecule has 0 amide bonds. The lowest BCUT2D eigenvalue weighted by molar-refractivity contribution is 0.0690. The summed E-state index contributed by atoms with van der Waals surface area (Å²) in [5, 5.41) is 8.64. The summed E-state index contributed by atoms with van der Waals surface area (Å²) in [5.74, 6) is -0.826. The molecule has 0 fully saturated rings. The Kier molecular flexibility index (Phi) is 2.80. The lowest BCUT2D eigenvalue weighted by Crippen LogP contribution is -2.29. The van der Waals surface area contributed by atoms with E-state index in [4.69, 9.17) is 5.11 Å². The molecule has 2 heterocycles. The number of hydrogen-bond acceptors (Lipinski definition) is 4. The molecule has 0 aliphatic carbocycles. The fraction of sp³-hybridized carbons (Fsp3) is 0.300. The maximum absolute atomic E-state index is 13.0. The molecule has 1 aliphatic rings. The molecule has 6 heteroatoms. The summed E-state index contributed by atoms with van der Waals surface area (Å²) in [6.45, 7) is 0.829. The molecule has 0 bridgehead atoms. The van der Waals surface area contributed by atoms with Gasteiger partial charge in [0.2, 0.25) is 0 Å². The van der Waals surface area contributed by atoms with Crippen LogP contribution in [0.3, 0.4) is 0 Å². The van der Waals surface area contributed by atoms with E-state index in [2.05, 4.69) is 9.97 Å². The molecule has 1 aliphatic heterocycles. The smallest absolute Gasteiger partial charge is 0.356 e. The Labute approximate surface area is 91.2 Å². The molecule has 0 saturated carbocycles. The normalized spacial score (nSPS) is 15.8. The molecule has 84 valence electrons. The number of halogens is 1. The van der Waals surface area contributed by atoms with Crippen molar-refractivity contribution in [3.63, 3.8) is 0 Å². The Balaban J connectivity index is 2.16. The van der Waals surface area contributed by atoms with E-state index in [1.807, 2.05) is 0 Å². The van der Waals surface area contributed by atoms with Crippen molar-refractivity contribution in [2.24, 2.45) is 0 Å². The summed E-state index contributed by atoms with van der Waals surface area (Å²) < 4.78 is 13.0. The van der Waals surface area contributed by atoms with Crippen LogP contribution in [0.25, 0.3) is 0 Å². The van der Waals surface area contributed by atoms with Gasteiger partial charge >= 0.3 is 5.97 Å². The van der Waals surface area contributed by atoms with Crippen LogP contribution in [0.2, 0.25) is 0 Å². The third-order valence-electron chi connectivity index (χ3n) is 2.29. The molecule has 1 aromatic rings. The molecule has 0 atom stereocenters. The van der Waals surface area contributed by atoms with Crippen LogP contribution >= 0.6 is 0 Å². The van der Waals surface area contributed by atoms with Gasteiger partial charge in [-0.05, 0) is 12.5 Å². The van der Waals surface area contributed by atoms with Crippen LogP contribution in [0, 0.1) is 0 Å². The minimum Gasteiger partial charge on any atom is -0.476 e. The number of aromatic nitrogens is 2. The molecule has 1 N–H and O–H groups in total. The van der Waals surface area contributed by atoms with Crippen LogP contribution < -0.4 is 4.90 Å². The summed E-state index contributed by atoms with van der Waals surface area (Å²) in [6, 6.07) is 0. The van der Waals surface area contributed by atoms with Crippen molar-refractivity contribution < 1.29 is 14.3 Å². The van der Waals surface area contributed by atoms with Crippen molar-refractivity contribution in [3.8, 4) is 0 Å². The summed E-state index contributed by atoms with van der Waals surface area (Å²) in [7, 11) is 0. The molecule has 0 aromatic carbocycles. The van der Waals surface area contributed by atoms with Crippen LogP contribution in [-0.2, 0) is 0 Å². The molecule has 1 aromatic heterocycles. The van der Waals surface area contributed by atoms with Gasteiger partial charge in [-0.3, -0.25) is 0 Å². The minimum absolute atomic E-state index is 0.114. The number of carboxylic acids is 1. The number of carboxylic acid groups (broad SMARTS) is 1. The van der Waals surface area contributed by atoms with E-state index in [-0.39, 0.29) is 18.1 Å². The molecule has 2 rings (SSSR count). The van der Waals surface area contributed by atoms with Crippen molar-refractivity contribution in [1.29, 1.82) is 0 Å². The number of aromatic carboxylic acids is 1. The topological polar surface area (TPSA) is 66.3 Å². The van der Waals surface area contributed by atoms with E-state index in [1.165, 1.54) is 18.5 Å². The average molecular weight is 223 g/mol. The van der Waals surface area contributed by atoms with Gasteiger partial charge in [0.1, 0.15) is 11.6 Å². The summed E-state index contributed by atoms with van der Waals surface area (Å²) >= 11 is 0. The van der Waals surface area contributed by atoms with Crippen molar-refractivity contribution in [3.05, 3.63) is 30.0 Å². The minimum atomic E-state index is -1.12. The van der Waals surface area contributed by atoms with Crippen molar-refractivity contribution >= 4 is 11.8 Å². The highest BCUT2D eigenvalue weighted by atomic mass is 19.1. The maximum atomic E-state index is 13.0. The second kappa shape index (κ2) is 4.26. The Morgan fingerprint density at radius 1 is 1.44 bits per heavy atom. The maximum Gasteiger partial charge on any atom is 0.356 e. The average Bonchev–Trinajstić information content (AvgIpc) is 2.29. The fourth-order valence-electron chi connectivity index (χ4n) is 1.49. The van der Waals surface area contributed by atoms with E-state index < -0.39 is 5.97 Å². The Bertz CT molecular complexity index is 430. The fourth-order valence-corrected chi connectivity index (χ4v) is 1.49. The number of hydrogen-bond donors (Lipinski definition) is 1. The SMILES string of the molecule is O=C(O)c1cnc(N2CCC=C(F)C2)cn1. The van der Waals surface area contributed by atoms with Gasteiger partial charge in [-0.2, -0.15) is 0 Å². The van der Waals surface area contributed by atoms with Gasteiger partial charge in [0, 0.05) is 6.54 Å². The third kappa shape index (κ3) is 2.16. The Hall–Kier alpha value is -1.98. The van der Waals surface area contributed by atoms with Gasteiger partial charge in [0.15, 0.2) is 5.69 Å². The lowest BCUT2D eigenvalue weighted by Gasteiger charge is -2.24. The van der Waals surface area contributed by atoms with Crippen molar-refractivity contribution in [2.45, 2.75) is 6.42 Å². The Morgan fingerprint density at radius 2 is 2.25 bits per heavy atom. The number of anilines is 1. The predicted octanol–water partition coefficient (Wildman–Crippen LogP) is 1.24. The predicted molar refractivity (Wildman–Crippen MR) is 55.0 cm³/mol. The largest absolute Gasteiger partial charge is 0.476 e. The first-order valence-electron chi connectivity index (χ1n) is 4.81. The molecule has 0 saturated heterocycles. The van der Waals surface area contributed by atoms with E-state index in [0.717, 1.165) is 0 Å². The second-order valence-electron chi connectivity index (χ2n) is 3.43. The van der Waals surface area contributed by atoms with Gasteiger partial charge in [-0.25, -0.2) is 19.2 Å². The van der Waals surface area contributed by atoms with Gasteiger partial charge < -0.3 is 10.0 Å². The molecular weight excluding hydrogens is 213 g/mol. The van der Waals surface area contributed by atoms with E-state index >= 15 is 0 Å². The number of nitrogens with zero attached hydrogens (tertiary/aromatic N) is 3. The van der Waals surface area contributed by atoms with E-state index in [0.29, 0.717) is 18.8 Å². The van der Waals surface area contributed by atoms with Crippen LogP contribution in [0.4, 0.5) is 10.2 Å². The zero-order valence-electron chi connectivity index (χ0n) is 8.43. The first-order chi connectivity index (χ1) is 7.66. The standard InChI is InChI=1S/C10H10FN3O2/c11-7-2-1-3-14(6-7)9-5-12-8(4-13-9)10(15)16/h2,4-5H,1,3,6H2,(H,15,16).